The third-order valence-corrected chi connectivity index (χ3v) is 4.17. The van der Waals surface area contributed by atoms with E-state index in [0.717, 1.165) is 13.6 Å². The molecule has 1 atom stereocenters. The van der Waals surface area contributed by atoms with Gasteiger partial charge in [0.05, 0.1) is 0 Å². The molecule has 0 aliphatic rings. The van der Waals surface area contributed by atoms with Crippen LogP contribution in [0.3, 0.4) is 0 Å². The maximum atomic E-state index is 8.92. The number of hydrogen-bond acceptors (Lipinski definition) is 1. The Kier molecular flexibility index (Phi) is 3.99. The van der Waals surface area contributed by atoms with Gasteiger partial charge in [-0.05, 0) is 57.1 Å². The molecule has 1 rings (SSSR count). The van der Waals surface area contributed by atoms with Crippen molar-refractivity contribution in [2.75, 3.05) is 6.61 Å². The second kappa shape index (κ2) is 4.58. The Balaban J connectivity index is 3.07. The summed E-state index contributed by atoms with van der Waals surface area (Å²) in [7, 11) is 0. The van der Waals surface area contributed by atoms with Gasteiger partial charge in [-0.15, -0.1) is 0 Å². The maximum absolute atomic E-state index is 8.92. The Hall–Kier alpha value is 0.390. The summed E-state index contributed by atoms with van der Waals surface area (Å²) in [6.45, 7) is 3.93. The first kappa shape index (κ1) is 10.5. The van der Waals surface area contributed by atoms with E-state index in [1.54, 1.807) is 0 Å². The van der Waals surface area contributed by atoms with Crippen molar-refractivity contribution in [2.24, 2.45) is 0 Å². The Bertz CT molecular complexity index is 275. The highest BCUT2D eigenvalue weighted by atomic mass is 127. The molecule has 0 spiro atoms. The summed E-state index contributed by atoms with van der Waals surface area (Å²) < 4.78 is 2.19. The van der Waals surface area contributed by atoms with Gasteiger partial charge in [-0.2, -0.15) is 0 Å². The molecule has 1 aromatic carbocycles. The van der Waals surface area contributed by atoms with Gasteiger partial charge in [-0.3, -0.25) is 0 Å². The standard InChI is InChI=1S/C9H9BrIO/c1-6(5-12)7-3-2-4-8(11)9(7)10/h2-4,6,12H,1,5H2. The maximum Gasteiger partial charge on any atom is 0.0500 e. The van der Waals surface area contributed by atoms with E-state index in [-0.39, 0.29) is 12.5 Å². The zero-order chi connectivity index (χ0) is 9.14. The third-order valence-electron chi connectivity index (χ3n) is 1.64. The van der Waals surface area contributed by atoms with Gasteiger partial charge < -0.3 is 5.11 Å². The lowest BCUT2D eigenvalue weighted by Crippen LogP contribution is -2.00. The van der Waals surface area contributed by atoms with E-state index in [0.29, 0.717) is 0 Å². The van der Waals surface area contributed by atoms with Gasteiger partial charge in [-0.1, -0.05) is 12.1 Å². The summed E-state index contributed by atoms with van der Waals surface area (Å²) in [6, 6.07) is 5.95. The first-order valence-electron chi connectivity index (χ1n) is 3.54. The van der Waals surface area contributed by atoms with E-state index in [1.165, 1.54) is 0 Å². The van der Waals surface area contributed by atoms with Crippen molar-refractivity contribution in [1.82, 2.24) is 0 Å². The molecular formula is C9H9BrIO. The molecular weight excluding hydrogens is 331 g/mol. The Morgan fingerprint density at radius 1 is 1.58 bits per heavy atom. The van der Waals surface area contributed by atoms with E-state index < -0.39 is 0 Å². The lowest BCUT2D eigenvalue weighted by atomic mass is 10.0. The van der Waals surface area contributed by atoms with Crippen molar-refractivity contribution in [3.63, 3.8) is 0 Å². The van der Waals surface area contributed by atoms with Crippen LogP contribution < -0.4 is 0 Å². The van der Waals surface area contributed by atoms with Crippen LogP contribution in [-0.2, 0) is 0 Å². The lowest BCUT2D eigenvalue weighted by Gasteiger charge is -2.11. The fourth-order valence-corrected chi connectivity index (χ4v) is 2.04. The summed E-state index contributed by atoms with van der Waals surface area (Å²) in [5.74, 6) is -0.0471. The molecule has 0 aliphatic heterocycles. The molecule has 0 heterocycles. The molecule has 0 saturated carbocycles. The first-order valence-corrected chi connectivity index (χ1v) is 5.42. The summed E-state index contributed by atoms with van der Waals surface area (Å²) in [5, 5.41) is 8.92. The molecule has 1 N–H and O–H groups in total. The molecule has 0 bridgehead atoms. The fraction of sp³-hybridized carbons (Fsp3) is 0.222. The lowest BCUT2D eigenvalue weighted by molar-refractivity contribution is 0.282. The van der Waals surface area contributed by atoms with E-state index >= 15 is 0 Å². The van der Waals surface area contributed by atoms with Crippen molar-refractivity contribution >= 4 is 38.5 Å². The van der Waals surface area contributed by atoms with Crippen LogP contribution in [0.25, 0.3) is 0 Å². The number of hydrogen-bond donors (Lipinski definition) is 1. The van der Waals surface area contributed by atoms with Gasteiger partial charge in [0, 0.05) is 20.6 Å². The number of aliphatic hydroxyl groups excluding tert-OH is 1. The molecule has 1 nitrogen and oxygen atoms in total. The molecule has 65 valence electrons. The van der Waals surface area contributed by atoms with Crippen LogP contribution >= 0.6 is 38.5 Å². The highest BCUT2D eigenvalue weighted by molar-refractivity contribution is 14.1. The van der Waals surface area contributed by atoms with Crippen molar-refractivity contribution in [3.05, 3.63) is 38.7 Å². The highest BCUT2D eigenvalue weighted by Crippen LogP contribution is 2.28. The summed E-state index contributed by atoms with van der Waals surface area (Å²) in [5.41, 5.74) is 1.06. The third kappa shape index (κ3) is 2.20. The predicted molar refractivity (Wildman–Crippen MR) is 62.0 cm³/mol. The van der Waals surface area contributed by atoms with Crippen molar-refractivity contribution < 1.29 is 5.11 Å². The van der Waals surface area contributed by atoms with E-state index in [1.807, 2.05) is 18.2 Å². The average Bonchev–Trinajstić information content (AvgIpc) is 2.08. The van der Waals surface area contributed by atoms with Crippen LogP contribution in [-0.4, -0.2) is 11.7 Å². The van der Waals surface area contributed by atoms with Gasteiger partial charge in [0.15, 0.2) is 0 Å². The average molecular weight is 340 g/mol. The quantitative estimate of drug-likeness (QED) is 0.821. The zero-order valence-corrected chi connectivity index (χ0v) is 10.2. The molecule has 1 radical (unpaired) electrons. The summed E-state index contributed by atoms with van der Waals surface area (Å²) in [4.78, 5) is 0. The van der Waals surface area contributed by atoms with Crippen molar-refractivity contribution in [1.29, 1.82) is 0 Å². The van der Waals surface area contributed by atoms with Crippen LogP contribution in [0.1, 0.15) is 11.5 Å². The second-order valence-electron chi connectivity index (χ2n) is 2.52. The van der Waals surface area contributed by atoms with E-state index in [2.05, 4.69) is 45.4 Å². The second-order valence-corrected chi connectivity index (χ2v) is 4.48. The first-order chi connectivity index (χ1) is 5.66. The molecule has 0 saturated heterocycles. The van der Waals surface area contributed by atoms with Crippen LogP contribution in [0.15, 0.2) is 22.7 Å². The van der Waals surface area contributed by atoms with Crippen LogP contribution in [0, 0.1) is 10.5 Å². The predicted octanol–water partition coefficient (Wildman–Crippen LogP) is 2.96. The van der Waals surface area contributed by atoms with Crippen molar-refractivity contribution in [2.45, 2.75) is 5.92 Å². The van der Waals surface area contributed by atoms with Crippen LogP contribution in [0.4, 0.5) is 0 Å². The molecule has 0 fully saturated rings. The molecule has 0 aromatic heterocycles. The zero-order valence-electron chi connectivity index (χ0n) is 6.43. The Labute approximate surface area is 94.4 Å². The number of benzene rings is 1. The highest BCUT2D eigenvalue weighted by Gasteiger charge is 2.09. The molecule has 0 aliphatic carbocycles. The molecule has 12 heavy (non-hydrogen) atoms. The molecule has 1 aromatic rings. The smallest absolute Gasteiger partial charge is 0.0500 e. The monoisotopic (exact) mass is 339 g/mol. The minimum atomic E-state index is -0.0471. The normalized spacial score (nSPS) is 13.0. The SMILES string of the molecule is [CH2]C(CO)c1cccc(I)c1Br. The fourth-order valence-electron chi connectivity index (χ4n) is 0.934. The van der Waals surface area contributed by atoms with Crippen LogP contribution in [0.2, 0.25) is 0 Å². The number of rotatable bonds is 2. The minimum absolute atomic E-state index is 0.0471. The number of aliphatic hydroxyl groups is 1. The van der Waals surface area contributed by atoms with Gasteiger partial charge in [-0.25, -0.2) is 0 Å². The Morgan fingerprint density at radius 2 is 2.25 bits per heavy atom. The molecule has 3 heteroatoms. The van der Waals surface area contributed by atoms with E-state index in [4.69, 9.17) is 5.11 Å². The summed E-state index contributed by atoms with van der Waals surface area (Å²) >= 11 is 5.71. The Morgan fingerprint density at radius 3 is 2.83 bits per heavy atom. The van der Waals surface area contributed by atoms with Gasteiger partial charge >= 0.3 is 0 Å². The van der Waals surface area contributed by atoms with Crippen molar-refractivity contribution in [3.8, 4) is 0 Å². The molecule has 1 unspecified atom stereocenters. The largest absolute Gasteiger partial charge is 0.396 e. The van der Waals surface area contributed by atoms with Gasteiger partial charge in [0.2, 0.25) is 0 Å². The minimum Gasteiger partial charge on any atom is -0.396 e. The van der Waals surface area contributed by atoms with Gasteiger partial charge in [0.1, 0.15) is 0 Å². The van der Waals surface area contributed by atoms with E-state index in [9.17, 15) is 0 Å². The molecule has 0 amide bonds. The van der Waals surface area contributed by atoms with Crippen LogP contribution in [0.5, 0.6) is 0 Å². The number of halogens is 2. The summed E-state index contributed by atoms with van der Waals surface area (Å²) in [6.07, 6.45) is 0. The van der Waals surface area contributed by atoms with Gasteiger partial charge in [0.25, 0.3) is 0 Å². The topological polar surface area (TPSA) is 20.2 Å².